The van der Waals surface area contributed by atoms with E-state index in [1.165, 1.54) is 0 Å². The van der Waals surface area contributed by atoms with Gasteiger partial charge in [-0.25, -0.2) is 4.98 Å². The van der Waals surface area contributed by atoms with Crippen molar-refractivity contribution < 1.29 is 9.53 Å². The first kappa shape index (κ1) is 30.7. The van der Waals surface area contributed by atoms with Gasteiger partial charge in [-0.15, -0.1) is 24.8 Å². The van der Waals surface area contributed by atoms with Gasteiger partial charge in [0.2, 0.25) is 5.95 Å². The monoisotopic (exact) mass is 578 g/mol. The Morgan fingerprint density at radius 1 is 1.00 bits per heavy atom. The lowest BCUT2D eigenvalue weighted by atomic mass is 9.92. The number of aromatic nitrogens is 4. The summed E-state index contributed by atoms with van der Waals surface area (Å²) in [6.07, 6.45) is 7.58. The highest BCUT2D eigenvalue weighted by Crippen LogP contribution is 2.27. The topological polar surface area (TPSA) is 123 Å². The molecule has 0 bridgehead atoms. The number of anilines is 2. The summed E-state index contributed by atoms with van der Waals surface area (Å²) < 4.78 is 7.73. The number of nitrogens with one attached hydrogen (secondary N) is 2. The van der Waals surface area contributed by atoms with Crippen LogP contribution in [0.5, 0.6) is 5.75 Å². The van der Waals surface area contributed by atoms with Crippen LogP contribution in [0.4, 0.5) is 11.8 Å². The van der Waals surface area contributed by atoms with Crippen molar-refractivity contribution in [2.75, 3.05) is 30.3 Å². The molecule has 0 atom stereocenters. The number of carbonyl (C=O) groups excluding carboxylic acids is 1. The lowest BCUT2D eigenvalue weighted by Crippen LogP contribution is -2.44. The van der Waals surface area contributed by atoms with Gasteiger partial charge in [0.15, 0.2) is 23.6 Å². The maximum atomic E-state index is 12.7. The Hall–Kier alpha value is -2.82. The molecule has 1 aromatic carbocycles. The van der Waals surface area contributed by atoms with Crippen LogP contribution in [0, 0.1) is 0 Å². The van der Waals surface area contributed by atoms with Crippen molar-refractivity contribution in [2.24, 2.45) is 5.73 Å². The van der Waals surface area contributed by atoms with E-state index < -0.39 is 0 Å². The fraction of sp³-hybridized carbons (Fsp3) is 0.556. The number of carbonyl (C=O) groups is 1. The Labute approximate surface area is 242 Å². The first-order chi connectivity index (χ1) is 18.0. The molecule has 1 aliphatic carbocycles. The number of benzene rings is 1. The fourth-order valence-corrected chi connectivity index (χ4v) is 5.13. The number of nitrogens with zero attached hydrogens (tertiary/aromatic N) is 5. The summed E-state index contributed by atoms with van der Waals surface area (Å²) in [5, 5.41) is 7.17. The second-order valence-corrected chi connectivity index (χ2v) is 10.5. The van der Waals surface area contributed by atoms with E-state index in [2.05, 4.69) is 34.0 Å². The maximum absolute atomic E-state index is 12.7. The van der Waals surface area contributed by atoms with Crippen LogP contribution in [-0.2, 0) is 4.79 Å². The van der Waals surface area contributed by atoms with Crippen LogP contribution < -0.4 is 21.1 Å². The average Bonchev–Trinajstić information content (AvgIpc) is 3.34. The summed E-state index contributed by atoms with van der Waals surface area (Å²) >= 11 is 0. The van der Waals surface area contributed by atoms with Gasteiger partial charge >= 0.3 is 0 Å². The third kappa shape index (κ3) is 7.64. The molecule has 39 heavy (non-hydrogen) atoms. The largest absolute Gasteiger partial charge is 0.484 e. The molecule has 1 saturated carbocycles. The molecule has 214 valence electrons. The smallest absolute Gasteiger partial charge is 0.260 e. The Bertz CT molecular complexity index is 1190. The summed E-state index contributed by atoms with van der Waals surface area (Å²) in [6.45, 7) is 5.66. The van der Waals surface area contributed by atoms with Gasteiger partial charge in [-0.2, -0.15) is 9.97 Å². The van der Waals surface area contributed by atoms with E-state index in [4.69, 9.17) is 20.4 Å². The van der Waals surface area contributed by atoms with E-state index in [9.17, 15) is 4.79 Å². The van der Waals surface area contributed by atoms with Crippen LogP contribution in [0.1, 0.15) is 58.4 Å². The molecule has 2 fully saturated rings. The quantitative estimate of drug-likeness (QED) is 0.359. The number of halogens is 2. The predicted octanol–water partition coefficient (Wildman–Crippen LogP) is 4.41. The van der Waals surface area contributed by atoms with E-state index in [1.807, 2.05) is 41.6 Å². The number of piperidine rings is 1. The number of hydrogen-bond donors (Lipinski definition) is 3. The van der Waals surface area contributed by atoms with E-state index in [-0.39, 0.29) is 49.4 Å². The number of para-hydroxylation sites is 1. The fourth-order valence-electron chi connectivity index (χ4n) is 5.13. The highest BCUT2D eigenvalue weighted by Gasteiger charge is 2.26. The molecular formula is C27H40Cl2N8O2. The zero-order valence-corrected chi connectivity index (χ0v) is 24.2. The van der Waals surface area contributed by atoms with Gasteiger partial charge < -0.3 is 30.6 Å². The van der Waals surface area contributed by atoms with Gasteiger partial charge in [-0.3, -0.25) is 4.79 Å². The van der Waals surface area contributed by atoms with Crippen molar-refractivity contribution in [1.82, 2.24) is 24.4 Å². The third-order valence-corrected chi connectivity index (χ3v) is 7.38. The first-order valence-electron chi connectivity index (χ1n) is 13.4. The molecule has 1 aliphatic heterocycles. The van der Waals surface area contributed by atoms with Gasteiger partial charge in [0.05, 0.1) is 6.33 Å². The molecule has 12 heteroatoms. The minimum atomic E-state index is 0. The summed E-state index contributed by atoms with van der Waals surface area (Å²) in [5.41, 5.74) is 7.70. The summed E-state index contributed by atoms with van der Waals surface area (Å²) in [6, 6.07) is 10.5. The molecule has 2 aliphatic rings. The van der Waals surface area contributed by atoms with E-state index in [0.29, 0.717) is 36.9 Å². The Balaban J connectivity index is 0.00000210. The average molecular weight is 580 g/mol. The van der Waals surface area contributed by atoms with Crippen LogP contribution in [0.15, 0.2) is 36.7 Å². The molecule has 10 nitrogen and oxygen atoms in total. The molecule has 0 radical (unpaired) electrons. The first-order valence-corrected chi connectivity index (χ1v) is 13.4. The van der Waals surface area contributed by atoms with Gasteiger partial charge in [0.1, 0.15) is 5.75 Å². The molecule has 1 saturated heterocycles. The maximum Gasteiger partial charge on any atom is 0.260 e. The number of nitrogens with two attached hydrogens (primary N) is 1. The zero-order chi connectivity index (χ0) is 25.8. The van der Waals surface area contributed by atoms with Gasteiger partial charge in [-0.05, 0) is 64.5 Å². The molecule has 0 spiro atoms. The molecule has 5 rings (SSSR count). The van der Waals surface area contributed by atoms with Crippen LogP contribution in [0.2, 0.25) is 0 Å². The van der Waals surface area contributed by atoms with Gasteiger partial charge in [0, 0.05) is 37.3 Å². The summed E-state index contributed by atoms with van der Waals surface area (Å²) in [7, 11) is 0. The minimum absolute atomic E-state index is 0. The van der Waals surface area contributed by atoms with Crippen molar-refractivity contribution in [3.63, 3.8) is 0 Å². The normalized spacial score (nSPS) is 19.7. The number of likely N-dealkylation sites (tertiary alicyclic amines) is 1. The van der Waals surface area contributed by atoms with Gasteiger partial charge in [0.25, 0.3) is 5.91 Å². The van der Waals surface area contributed by atoms with Crippen molar-refractivity contribution in [1.29, 1.82) is 0 Å². The number of rotatable bonds is 8. The van der Waals surface area contributed by atoms with E-state index in [0.717, 1.165) is 55.5 Å². The number of ether oxygens (including phenoxy) is 1. The number of imidazole rings is 1. The minimum Gasteiger partial charge on any atom is -0.484 e. The number of fused-ring (bicyclic) bond motifs is 1. The van der Waals surface area contributed by atoms with Crippen molar-refractivity contribution >= 4 is 53.7 Å². The zero-order valence-electron chi connectivity index (χ0n) is 22.6. The van der Waals surface area contributed by atoms with Crippen LogP contribution in [0.25, 0.3) is 11.2 Å². The summed E-state index contributed by atoms with van der Waals surface area (Å²) in [4.78, 5) is 28.9. The number of hydrogen-bond acceptors (Lipinski definition) is 8. The lowest BCUT2D eigenvalue weighted by Gasteiger charge is -2.32. The molecule has 3 aromatic rings. The second kappa shape index (κ2) is 14.0. The van der Waals surface area contributed by atoms with Crippen molar-refractivity contribution in [3.05, 3.63) is 36.7 Å². The highest BCUT2D eigenvalue weighted by atomic mass is 35.5. The molecule has 3 heterocycles. The van der Waals surface area contributed by atoms with E-state index >= 15 is 0 Å². The Morgan fingerprint density at radius 3 is 2.33 bits per heavy atom. The lowest BCUT2D eigenvalue weighted by molar-refractivity contribution is -0.134. The van der Waals surface area contributed by atoms with Crippen molar-refractivity contribution in [3.8, 4) is 5.75 Å². The van der Waals surface area contributed by atoms with E-state index in [1.54, 1.807) is 0 Å². The molecule has 1 amide bonds. The van der Waals surface area contributed by atoms with Crippen LogP contribution in [-0.4, -0.2) is 68.1 Å². The molecule has 2 aromatic heterocycles. The van der Waals surface area contributed by atoms with Crippen LogP contribution in [0.3, 0.4) is 0 Å². The van der Waals surface area contributed by atoms with Crippen LogP contribution >= 0.6 is 24.8 Å². The number of amides is 1. The Morgan fingerprint density at radius 2 is 1.67 bits per heavy atom. The molecular weight excluding hydrogens is 539 g/mol. The van der Waals surface area contributed by atoms with Gasteiger partial charge in [-0.1, -0.05) is 18.2 Å². The summed E-state index contributed by atoms with van der Waals surface area (Å²) in [5.74, 6) is 2.10. The molecule has 0 unspecified atom stereocenters. The molecule has 4 N–H and O–H groups in total. The third-order valence-electron chi connectivity index (χ3n) is 7.38. The second-order valence-electron chi connectivity index (χ2n) is 10.5. The predicted molar refractivity (Wildman–Crippen MR) is 159 cm³/mol. The highest BCUT2D eigenvalue weighted by molar-refractivity contribution is 5.86. The standard InChI is InChI=1S/C27H38N8O2.2ClH/c1-18(2)35-17-29-24-25(32-27(33-26(24)35)31-20-10-8-19(28)9-11-20)30-21-12-14-34(15-13-21)23(36)16-37-22-6-4-3-5-7-22;;/h3-7,17-21H,8-16,28H2,1-2H3,(H2,30,31,32,33);2*1H/t19-,20-;;. The SMILES string of the molecule is CC(C)n1cnc2c(NC3CCN(C(=O)COc4ccccc4)CC3)nc(N[C@H]3CC[C@H](N)CC3)nc21.Cl.Cl. The van der Waals surface area contributed by atoms with Crippen molar-refractivity contribution in [2.45, 2.75) is 76.5 Å². The Kier molecular flexibility index (Phi) is 11.0.